The van der Waals surface area contributed by atoms with Gasteiger partial charge in [0, 0.05) is 47.6 Å². The van der Waals surface area contributed by atoms with Crippen LogP contribution in [0, 0.1) is 11.6 Å². The molecule has 3 heterocycles. The van der Waals surface area contributed by atoms with Gasteiger partial charge in [0.05, 0.1) is 17.6 Å². The van der Waals surface area contributed by atoms with E-state index in [9.17, 15) is 18.4 Å². The number of nitrogens with one attached hydrogen (secondary N) is 1. The van der Waals surface area contributed by atoms with E-state index in [1.54, 1.807) is 23.5 Å². The number of hydrogen-bond donors (Lipinski definition) is 1. The molecule has 10 heteroatoms. The third kappa shape index (κ3) is 4.76. The van der Waals surface area contributed by atoms with E-state index in [0.717, 1.165) is 22.5 Å². The molecule has 36 heavy (non-hydrogen) atoms. The minimum absolute atomic E-state index is 0.114. The van der Waals surface area contributed by atoms with E-state index in [2.05, 4.69) is 15.3 Å². The molecule has 0 atom stereocenters. The van der Waals surface area contributed by atoms with Crippen LogP contribution < -0.4 is 10.1 Å². The smallest absolute Gasteiger partial charge is 0.275 e. The summed E-state index contributed by atoms with van der Waals surface area (Å²) < 4.78 is 32.0. The first kappa shape index (κ1) is 23.8. The fourth-order valence-electron chi connectivity index (χ4n) is 4.26. The summed E-state index contributed by atoms with van der Waals surface area (Å²) in [6, 6.07) is 12.4. The third-order valence-corrected chi connectivity index (χ3v) is 7.19. The van der Waals surface area contributed by atoms with Crippen molar-refractivity contribution in [1.29, 1.82) is 0 Å². The van der Waals surface area contributed by atoms with Crippen LogP contribution in [0.25, 0.3) is 10.9 Å². The van der Waals surface area contributed by atoms with Crippen LogP contribution in [-0.4, -0.2) is 46.9 Å². The molecule has 4 aromatic rings. The zero-order chi connectivity index (χ0) is 25.2. The quantitative estimate of drug-likeness (QED) is 0.398. The lowest BCUT2D eigenvalue weighted by molar-refractivity contribution is 0.0707. The normalized spacial score (nSPS) is 14.1. The van der Waals surface area contributed by atoms with Gasteiger partial charge in [0.25, 0.3) is 11.8 Å². The molecule has 184 valence electrons. The number of thiazole rings is 1. The molecule has 1 fully saturated rings. The molecule has 2 amide bonds. The first-order valence-electron chi connectivity index (χ1n) is 11.4. The van der Waals surface area contributed by atoms with E-state index < -0.39 is 17.5 Å². The minimum Gasteiger partial charge on any atom is -0.496 e. The van der Waals surface area contributed by atoms with Gasteiger partial charge in [-0.3, -0.25) is 9.59 Å². The predicted molar refractivity (Wildman–Crippen MR) is 133 cm³/mol. The number of carbonyl (C=O) groups excluding carboxylic acids is 2. The summed E-state index contributed by atoms with van der Waals surface area (Å²) in [5.41, 5.74) is 1.41. The van der Waals surface area contributed by atoms with E-state index >= 15 is 0 Å². The van der Waals surface area contributed by atoms with Crippen LogP contribution in [0.2, 0.25) is 0 Å². The first-order valence-corrected chi connectivity index (χ1v) is 12.3. The molecule has 2 aromatic heterocycles. The monoisotopic (exact) mass is 508 g/mol. The molecule has 0 bridgehead atoms. The number of ether oxygens (including phenoxy) is 1. The molecule has 5 rings (SSSR count). The van der Waals surface area contributed by atoms with Crippen molar-refractivity contribution < 1.29 is 23.1 Å². The fourth-order valence-corrected chi connectivity index (χ4v) is 5.23. The molecular formula is C26H22F2N4O3S. The highest BCUT2D eigenvalue weighted by Crippen LogP contribution is 2.32. The Labute approximate surface area is 209 Å². The molecule has 0 unspecified atom stereocenters. The molecule has 0 spiro atoms. The molecule has 1 saturated heterocycles. The molecule has 1 N–H and O–H groups in total. The molecule has 0 aliphatic carbocycles. The lowest BCUT2D eigenvalue weighted by Gasteiger charge is -2.31. The summed E-state index contributed by atoms with van der Waals surface area (Å²) in [5, 5.41) is 5.84. The highest BCUT2D eigenvalue weighted by Gasteiger charge is 2.28. The Morgan fingerprint density at radius 1 is 1.03 bits per heavy atom. The number of aromatic nitrogens is 2. The number of benzene rings is 2. The Hall–Kier alpha value is -3.92. The largest absolute Gasteiger partial charge is 0.496 e. The van der Waals surface area contributed by atoms with Gasteiger partial charge in [-0.1, -0.05) is 12.1 Å². The summed E-state index contributed by atoms with van der Waals surface area (Å²) >= 11 is 1.37. The average molecular weight is 509 g/mol. The number of nitrogens with zero attached hydrogens (tertiary/aromatic N) is 3. The van der Waals surface area contributed by atoms with Crippen molar-refractivity contribution in [3.8, 4) is 5.75 Å². The number of likely N-dealkylation sites (tertiary alicyclic amines) is 1. The van der Waals surface area contributed by atoms with E-state index in [4.69, 9.17) is 4.74 Å². The summed E-state index contributed by atoms with van der Waals surface area (Å²) in [4.78, 5) is 36.4. The van der Waals surface area contributed by atoms with E-state index in [1.807, 2.05) is 24.3 Å². The lowest BCUT2D eigenvalue weighted by atomic mass is 9.97. The average Bonchev–Trinajstić information content (AvgIpc) is 3.40. The van der Waals surface area contributed by atoms with Crippen molar-refractivity contribution in [2.75, 3.05) is 25.5 Å². The maximum Gasteiger partial charge on any atom is 0.275 e. The topological polar surface area (TPSA) is 84.4 Å². The van der Waals surface area contributed by atoms with Crippen molar-refractivity contribution in [1.82, 2.24) is 14.9 Å². The van der Waals surface area contributed by atoms with Gasteiger partial charge in [0.15, 0.2) is 11.6 Å². The van der Waals surface area contributed by atoms with Crippen molar-refractivity contribution in [3.63, 3.8) is 0 Å². The number of anilines is 1. The van der Waals surface area contributed by atoms with Gasteiger partial charge in [-0.15, -0.1) is 11.3 Å². The Kier molecular flexibility index (Phi) is 6.60. The second-order valence-corrected chi connectivity index (χ2v) is 9.34. The fraction of sp³-hybridized carbons (Fsp3) is 0.231. The summed E-state index contributed by atoms with van der Waals surface area (Å²) in [6.07, 6.45) is 1.41. The molecule has 7 nitrogen and oxygen atoms in total. The second kappa shape index (κ2) is 9.98. The van der Waals surface area contributed by atoms with Gasteiger partial charge < -0.3 is 15.0 Å². The molecule has 0 radical (unpaired) electrons. The van der Waals surface area contributed by atoms with Crippen molar-refractivity contribution >= 4 is 39.7 Å². The van der Waals surface area contributed by atoms with Gasteiger partial charge in [-0.25, -0.2) is 18.7 Å². The van der Waals surface area contributed by atoms with Crippen LogP contribution >= 0.6 is 11.3 Å². The maximum absolute atomic E-state index is 13.4. The van der Waals surface area contributed by atoms with Gasteiger partial charge in [0.1, 0.15) is 17.1 Å². The molecule has 0 saturated carbocycles. The summed E-state index contributed by atoms with van der Waals surface area (Å²) in [7, 11) is 1.57. The zero-order valence-electron chi connectivity index (χ0n) is 19.3. The van der Waals surface area contributed by atoms with Crippen LogP contribution in [0.4, 0.5) is 14.5 Å². The van der Waals surface area contributed by atoms with Crippen molar-refractivity contribution in [2.45, 2.75) is 18.8 Å². The molecule has 1 aliphatic rings. The number of methoxy groups -OCH3 is 1. The lowest BCUT2D eigenvalue weighted by Crippen LogP contribution is -2.38. The number of carbonyl (C=O) groups is 2. The number of para-hydroxylation sites is 1. The number of rotatable bonds is 5. The highest BCUT2D eigenvalue weighted by atomic mass is 32.1. The van der Waals surface area contributed by atoms with Crippen LogP contribution in [-0.2, 0) is 0 Å². The Balaban J connectivity index is 1.23. The van der Waals surface area contributed by atoms with Crippen LogP contribution in [0.1, 0.15) is 44.7 Å². The number of pyridine rings is 1. The van der Waals surface area contributed by atoms with Crippen molar-refractivity contribution in [2.24, 2.45) is 0 Å². The van der Waals surface area contributed by atoms with Gasteiger partial charge in [-0.05, 0) is 37.1 Å². The van der Waals surface area contributed by atoms with Crippen LogP contribution in [0.5, 0.6) is 5.75 Å². The number of piperidine rings is 1. The summed E-state index contributed by atoms with van der Waals surface area (Å²) in [6.45, 7) is 1.08. The Morgan fingerprint density at radius 3 is 2.56 bits per heavy atom. The SMILES string of the molecule is COc1cc(C(=O)N2CCC(c3nc(C(=O)Nc4ccc(F)c(F)c4)cs3)CC2)nc2ccccc12. The maximum atomic E-state index is 13.4. The summed E-state index contributed by atoms with van der Waals surface area (Å²) in [5.74, 6) is -1.94. The van der Waals surface area contributed by atoms with Crippen LogP contribution in [0.3, 0.4) is 0 Å². The van der Waals surface area contributed by atoms with Gasteiger partial charge in [-0.2, -0.15) is 0 Å². The Bertz CT molecular complexity index is 1450. The number of fused-ring (bicyclic) bond motifs is 1. The van der Waals surface area contributed by atoms with Crippen LogP contribution in [0.15, 0.2) is 53.9 Å². The van der Waals surface area contributed by atoms with E-state index in [-0.39, 0.29) is 23.2 Å². The number of amides is 2. The standard InChI is InChI=1S/C26H22F2N4O3S/c1-35-23-13-21(30-20-5-3-2-4-17(20)23)26(34)32-10-8-15(9-11-32)25-31-22(14-36-25)24(33)29-16-6-7-18(27)19(28)12-16/h2-7,12-15H,8-11H2,1H3,(H,29,33). The minimum atomic E-state index is -1.04. The molecule has 1 aliphatic heterocycles. The first-order chi connectivity index (χ1) is 17.4. The van der Waals surface area contributed by atoms with Crippen molar-refractivity contribution in [3.05, 3.63) is 81.9 Å². The predicted octanol–water partition coefficient (Wildman–Crippen LogP) is 5.25. The number of halogens is 2. The van der Waals surface area contributed by atoms with E-state index in [1.165, 1.54) is 17.4 Å². The zero-order valence-corrected chi connectivity index (χ0v) is 20.1. The van der Waals surface area contributed by atoms with E-state index in [0.29, 0.717) is 42.9 Å². The van der Waals surface area contributed by atoms with Gasteiger partial charge in [0.2, 0.25) is 0 Å². The third-order valence-electron chi connectivity index (χ3n) is 6.18. The number of hydrogen-bond acceptors (Lipinski definition) is 6. The second-order valence-electron chi connectivity index (χ2n) is 8.45. The Morgan fingerprint density at radius 2 is 1.81 bits per heavy atom. The molecular weight excluding hydrogens is 486 g/mol. The molecule has 2 aromatic carbocycles. The highest BCUT2D eigenvalue weighted by molar-refractivity contribution is 7.10. The van der Waals surface area contributed by atoms with Gasteiger partial charge >= 0.3 is 0 Å².